The van der Waals surface area contributed by atoms with E-state index in [-0.39, 0.29) is 23.0 Å². The molecule has 0 saturated carbocycles. The fourth-order valence-electron chi connectivity index (χ4n) is 4.89. The molecule has 7 nitrogen and oxygen atoms in total. The number of nitrogens with one attached hydrogen (secondary N) is 1. The zero-order valence-electron chi connectivity index (χ0n) is 19.6. The number of aromatic nitrogens is 2. The Morgan fingerprint density at radius 2 is 1.89 bits per heavy atom. The number of rotatable bonds is 4. The van der Waals surface area contributed by atoms with Crippen LogP contribution < -0.4 is 19.7 Å². The standard InChI is InChI=1S/C25H24ClF3N4O3/c1-35-18-10-9-15(12-19(18)36-2)16-13-20(25(27,28)29)33-23(30-16)21(26)22(31-33)24(34)32-11-5-7-14-6-3-4-8-17(14)32/h3-4,6,8-10,12,16,20,30H,5,7,11,13H2,1-2H3/t16-,20+/m0/s1. The van der Waals surface area contributed by atoms with Crippen LogP contribution in [0.2, 0.25) is 5.02 Å². The molecule has 3 aromatic rings. The van der Waals surface area contributed by atoms with Crippen LogP contribution in [0.3, 0.4) is 0 Å². The second-order valence-electron chi connectivity index (χ2n) is 8.75. The highest BCUT2D eigenvalue weighted by Crippen LogP contribution is 2.47. The summed E-state index contributed by atoms with van der Waals surface area (Å²) in [5.41, 5.74) is 2.07. The molecule has 0 radical (unpaired) electrons. The van der Waals surface area contributed by atoms with Crippen molar-refractivity contribution in [1.29, 1.82) is 0 Å². The van der Waals surface area contributed by atoms with Crippen LogP contribution in [0.25, 0.3) is 0 Å². The van der Waals surface area contributed by atoms with Gasteiger partial charge in [0.15, 0.2) is 23.2 Å². The Labute approximate surface area is 210 Å². The van der Waals surface area contributed by atoms with Gasteiger partial charge in [-0.25, -0.2) is 4.68 Å². The number of ether oxygens (including phenoxy) is 2. The first-order valence-electron chi connectivity index (χ1n) is 11.5. The van der Waals surface area contributed by atoms with Crippen molar-refractivity contribution < 1.29 is 27.4 Å². The van der Waals surface area contributed by atoms with Crippen molar-refractivity contribution in [3.63, 3.8) is 0 Å². The second kappa shape index (κ2) is 9.24. The Hall–Kier alpha value is -3.40. The molecule has 3 heterocycles. The summed E-state index contributed by atoms with van der Waals surface area (Å²) >= 11 is 6.55. The van der Waals surface area contributed by atoms with Gasteiger partial charge in [-0.1, -0.05) is 35.9 Å². The Balaban J connectivity index is 1.54. The van der Waals surface area contributed by atoms with Gasteiger partial charge in [0.1, 0.15) is 10.8 Å². The molecule has 36 heavy (non-hydrogen) atoms. The maximum atomic E-state index is 14.2. The average Bonchev–Trinajstić information content (AvgIpc) is 3.22. The highest BCUT2D eigenvalue weighted by molar-refractivity contribution is 6.36. The number of methoxy groups -OCH3 is 2. The average molecular weight is 521 g/mol. The number of nitrogens with zero attached hydrogens (tertiary/aromatic N) is 3. The molecule has 0 bridgehead atoms. The van der Waals surface area contributed by atoms with Gasteiger partial charge in [0.25, 0.3) is 5.91 Å². The molecule has 0 aliphatic carbocycles. The number of fused-ring (bicyclic) bond motifs is 2. The summed E-state index contributed by atoms with van der Waals surface area (Å²) in [5.74, 6) is 0.283. The van der Waals surface area contributed by atoms with Gasteiger partial charge in [-0.15, -0.1) is 0 Å². The van der Waals surface area contributed by atoms with E-state index in [2.05, 4.69) is 10.4 Å². The Morgan fingerprint density at radius 1 is 1.14 bits per heavy atom. The van der Waals surface area contributed by atoms with Crippen LogP contribution >= 0.6 is 11.6 Å². The van der Waals surface area contributed by atoms with E-state index < -0.39 is 24.2 Å². The first-order valence-corrected chi connectivity index (χ1v) is 11.8. The first kappa shape index (κ1) is 24.3. The predicted molar refractivity (Wildman–Crippen MR) is 129 cm³/mol. The van der Waals surface area contributed by atoms with Gasteiger partial charge in [-0.3, -0.25) is 4.79 Å². The SMILES string of the molecule is COc1ccc([C@@H]2C[C@H](C(F)(F)F)n3nc(C(=O)N4CCCc5ccccc54)c(Cl)c3N2)cc1OC. The molecule has 2 aliphatic rings. The van der Waals surface area contributed by atoms with Crippen LogP contribution in [0.5, 0.6) is 11.5 Å². The summed E-state index contributed by atoms with van der Waals surface area (Å²) in [7, 11) is 2.94. The molecule has 0 saturated heterocycles. The van der Waals surface area contributed by atoms with Crippen molar-refractivity contribution in [2.45, 2.75) is 37.5 Å². The summed E-state index contributed by atoms with van der Waals surface area (Å²) in [6.45, 7) is 0.429. The first-order chi connectivity index (χ1) is 17.2. The van der Waals surface area contributed by atoms with Gasteiger partial charge in [0.05, 0.1) is 20.3 Å². The topological polar surface area (TPSA) is 68.6 Å². The maximum absolute atomic E-state index is 14.2. The number of benzene rings is 2. The van der Waals surface area contributed by atoms with E-state index in [0.717, 1.165) is 28.8 Å². The third-order valence-corrected chi connectivity index (χ3v) is 7.02. The molecular formula is C25H24ClF3N4O3. The Bertz CT molecular complexity index is 1310. The molecule has 2 aromatic carbocycles. The minimum Gasteiger partial charge on any atom is -0.493 e. The summed E-state index contributed by atoms with van der Waals surface area (Å²) in [6, 6.07) is 9.67. The largest absolute Gasteiger partial charge is 0.493 e. The Kier molecular flexibility index (Phi) is 6.23. The van der Waals surface area contributed by atoms with Gasteiger partial charge >= 0.3 is 6.18 Å². The zero-order valence-corrected chi connectivity index (χ0v) is 20.4. The molecule has 1 N–H and O–H groups in total. The molecule has 2 atom stereocenters. The number of carbonyl (C=O) groups is 1. The van der Waals surface area contributed by atoms with Crippen LogP contribution in [-0.2, 0) is 6.42 Å². The van der Waals surface area contributed by atoms with Crippen molar-refractivity contribution in [3.8, 4) is 11.5 Å². The normalized spacial score (nSPS) is 19.2. The highest BCUT2D eigenvalue weighted by Gasteiger charge is 2.48. The van der Waals surface area contributed by atoms with Crippen LogP contribution in [0.15, 0.2) is 42.5 Å². The van der Waals surface area contributed by atoms with E-state index in [4.69, 9.17) is 21.1 Å². The third-order valence-electron chi connectivity index (χ3n) is 6.66. The lowest BCUT2D eigenvalue weighted by Gasteiger charge is -2.33. The van der Waals surface area contributed by atoms with Gasteiger partial charge < -0.3 is 19.7 Å². The molecule has 2 aliphatic heterocycles. The van der Waals surface area contributed by atoms with Gasteiger partial charge in [0, 0.05) is 18.7 Å². The summed E-state index contributed by atoms with van der Waals surface area (Å²) < 4.78 is 53.9. The molecule has 0 fully saturated rings. The molecule has 11 heteroatoms. The van der Waals surface area contributed by atoms with E-state index in [0.29, 0.717) is 23.6 Å². The van der Waals surface area contributed by atoms with Crippen LogP contribution in [0, 0.1) is 0 Å². The van der Waals surface area contributed by atoms with E-state index in [1.165, 1.54) is 19.1 Å². The predicted octanol–water partition coefficient (Wildman–Crippen LogP) is 5.81. The van der Waals surface area contributed by atoms with Crippen LogP contribution in [0.1, 0.15) is 46.5 Å². The lowest BCUT2D eigenvalue weighted by Crippen LogP contribution is -2.37. The number of aryl methyl sites for hydroxylation is 1. The van der Waals surface area contributed by atoms with Crippen LogP contribution in [-0.4, -0.2) is 42.6 Å². The van der Waals surface area contributed by atoms with Crippen molar-refractivity contribution in [1.82, 2.24) is 9.78 Å². The lowest BCUT2D eigenvalue weighted by molar-refractivity contribution is -0.173. The number of anilines is 2. The number of hydrogen-bond donors (Lipinski definition) is 1. The van der Waals surface area contributed by atoms with E-state index >= 15 is 0 Å². The van der Waals surface area contributed by atoms with Crippen LogP contribution in [0.4, 0.5) is 24.7 Å². The zero-order chi connectivity index (χ0) is 25.6. The van der Waals surface area contributed by atoms with E-state index in [1.54, 1.807) is 18.2 Å². The Morgan fingerprint density at radius 3 is 2.61 bits per heavy atom. The van der Waals surface area contributed by atoms with Crippen molar-refractivity contribution >= 4 is 29.0 Å². The molecule has 1 amide bonds. The molecule has 1 aromatic heterocycles. The fourth-order valence-corrected chi connectivity index (χ4v) is 5.15. The second-order valence-corrected chi connectivity index (χ2v) is 9.13. The summed E-state index contributed by atoms with van der Waals surface area (Å²) in [5, 5.41) is 7.04. The van der Waals surface area contributed by atoms with E-state index in [9.17, 15) is 18.0 Å². The summed E-state index contributed by atoms with van der Waals surface area (Å²) in [6.07, 6.45) is -3.40. The maximum Gasteiger partial charge on any atom is 0.410 e. The highest BCUT2D eigenvalue weighted by atomic mass is 35.5. The van der Waals surface area contributed by atoms with Crippen molar-refractivity contribution in [3.05, 3.63) is 64.3 Å². The molecule has 5 rings (SSSR count). The third kappa shape index (κ3) is 4.13. The smallest absolute Gasteiger partial charge is 0.410 e. The van der Waals surface area contributed by atoms with Gasteiger partial charge in [0.2, 0.25) is 0 Å². The molecule has 0 unspecified atom stereocenters. The molecular weight excluding hydrogens is 497 g/mol. The lowest BCUT2D eigenvalue weighted by atomic mass is 9.96. The van der Waals surface area contributed by atoms with Gasteiger partial charge in [-0.05, 0) is 42.2 Å². The van der Waals surface area contributed by atoms with Gasteiger partial charge in [-0.2, -0.15) is 18.3 Å². The number of hydrogen-bond acceptors (Lipinski definition) is 5. The van der Waals surface area contributed by atoms with Crippen molar-refractivity contribution in [2.75, 3.05) is 31.0 Å². The quantitative estimate of drug-likeness (QED) is 0.470. The number of para-hydroxylation sites is 1. The summed E-state index contributed by atoms with van der Waals surface area (Å²) in [4.78, 5) is 15.0. The van der Waals surface area contributed by atoms with Crippen molar-refractivity contribution in [2.24, 2.45) is 0 Å². The molecule has 190 valence electrons. The van der Waals surface area contributed by atoms with E-state index in [1.807, 2.05) is 24.3 Å². The minimum atomic E-state index is -4.61. The monoisotopic (exact) mass is 520 g/mol. The number of carbonyl (C=O) groups excluding carboxylic acids is 1. The number of alkyl halides is 3. The number of halogens is 4. The molecule has 0 spiro atoms. The fraction of sp³-hybridized carbons (Fsp3) is 0.360. The minimum absolute atomic E-state index is 0.0429. The number of amides is 1.